The Hall–Kier alpha value is -3.63. The molecular formula is C28H38N6O5. The van der Waals surface area contributed by atoms with E-state index in [-0.39, 0.29) is 34.9 Å². The van der Waals surface area contributed by atoms with Crippen LogP contribution in [0, 0.1) is 12.8 Å². The molecule has 1 spiro atoms. The zero-order chi connectivity index (χ0) is 28.1. The molecule has 11 nitrogen and oxygen atoms in total. The van der Waals surface area contributed by atoms with Crippen molar-refractivity contribution in [3.63, 3.8) is 0 Å². The zero-order valence-corrected chi connectivity index (χ0v) is 23.2. The summed E-state index contributed by atoms with van der Waals surface area (Å²) in [5.74, 6) is -1.04. The van der Waals surface area contributed by atoms with Gasteiger partial charge in [0.1, 0.15) is 5.65 Å². The number of aryl methyl sites for hydroxylation is 1. The third-order valence-corrected chi connectivity index (χ3v) is 8.17. The number of nitrogens with zero attached hydrogens (tertiary/aromatic N) is 5. The third kappa shape index (κ3) is 4.94. The van der Waals surface area contributed by atoms with Crippen molar-refractivity contribution in [1.29, 1.82) is 0 Å². The van der Waals surface area contributed by atoms with E-state index in [1.54, 1.807) is 24.5 Å². The van der Waals surface area contributed by atoms with Crippen molar-refractivity contribution in [1.82, 2.24) is 29.3 Å². The van der Waals surface area contributed by atoms with Crippen LogP contribution in [0.4, 0.5) is 0 Å². The van der Waals surface area contributed by atoms with Crippen LogP contribution in [-0.2, 0) is 16.1 Å². The molecule has 3 fully saturated rings. The summed E-state index contributed by atoms with van der Waals surface area (Å²) in [6.07, 6.45) is 8.31. The molecule has 1 aliphatic carbocycles. The van der Waals surface area contributed by atoms with Crippen molar-refractivity contribution in [2.24, 2.45) is 5.92 Å². The maximum atomic E-state index is 13.5. The number of hydrogen-bond acceptors (Lipinski definition) is 6. The molecule has 4 heterocycles. The molecule has 3 aliphatic rings. The number of aromatic hydroxyl groups is 1. The maximum Gasteiger partial charge on any atom is 0.291 e. The fourth-order valence-electron chi connectivity index (χ4n) is 6.11. The van der Waals surface area contributed by atoms with Gasteiger partial charge in [-0.05, 0) is 57.4 Å². The molecule has 11 heteroatoms. The normalized spacial score (nSPS) is 21.6. The van der Waals surface area contributed by atoms with Gasteiger partial charge in [-0.25, -0.2) is 0 Å². The predicted octanol–water partition coefficient (Wildman–Crippen LogP) is 2.07. The number of fused-ring (bicyclic) bond motifs is 1. The lowest BCUT2D eigenvalue weighted by Crippen LogP contribution is -2.57. The smallest absolute Gasteiger partial charge is 0.291 e. The van der Waals surface area contributed by atoms with Crippen molar-refractivity contribution < 1.29 is 19.5 Å². The summed E-state index contributed by atoms with van der Waals surface area (Å²) in [6.45, 7) is 9.49. The van der Waals surface area contributed by atoms with E-state index in [1.807, 2.05) is 23.6 Å². The van der Waals surface area contributed by atoms with Gasteiger partial charge in [-0.2, -0.15) is 9.61 Å². The Balaban J connectivity index is 1.52. The van der Waals surface area contributed by atoms with Gasteiger partial charge in [-0.1, -0.05) is 13.8 Å². The van der Waals surface area contributed by atoms with E-state index in [1.165, 1.54) is 6.08 Å². The van der Waals surface area contributed by atoms with Crippen LogP contribution in [0.1, 0.15) is 80.9 Å². The Kier molecular flexibility index (Phi) is 7.02. The van der Waals surface area contributed by atoms with Crippen molar-refractivity contribution in [3.8, 4) is 5.88 Å². The first kappa shape index (κ1) is 27.0. The zero-order valence-electron chi connectivity index (χ0n) is 23.2. The highest BCUT2D eigenvalue weighted by atomic mass is 16.3. The molecule has 3 amide bonds. The Morgan fingerprint density at radius 2 is 1.87 bits per heavy atom. The van der Waals surface area contributed by atoms with E-state index in [0.717, 1.165) is 43.0 Å². The molecule has 39 heavy (non-hydrogen) atoms. The summed E-state index contributed by atoms with van der Waals surface area (Å²) in [6, 6.07) is 0.0231. The largest absolute Gasteiger partial charge is 0.494 e. The van der Waals surface area contributed by atoms with E-state index >= 15 is 0 Å². The second kappa shape index (κ2) is 10.2. The highest BCUT2D eigenvalue weighted by Gasteiger charge is 2.46. The molecule has 1 unspecified atom stereocenters. The molecule has 2 saturated heterocycles. The number of piperidine rings is 1. The van der Waals surface area contributed by atoms with Crippen LogP contribution >= 0.6 is 0 Å². The summed E-state index contributed by atoms with van der Waals surface area (Å²) in [5.41, 5.74) is 0.00300. The number of likely N-dealkylation sites (tertiary alicyclic amines) is 2. The van der Waals surface area contributed by atoms with Crippen LogP contribution in [0.5, 0.6) is 5.88 Å². The van der Waals surface area contributed by atoms with Crippen LogP contribution in [0.25, 0.3) is 11.7 Å². The van der Waals surface area contributed by atoms with Gasteiger partial charge in [0, 0.05) is 50.8 Å². The molecule has 0 bridgehead atoms. The molecule has 0 radical (unpaired) electrons. The fraction of sp³-hybridized carbons (Fsp3) is 0.607. The third-order valence-electron chi connectivity index (χ3n) is 8.17. The average Bonchev–Trinajstić information content (AvgIpc) is 3.50. The number of nitrogens with one attached hydrogen (secondary N) is 1. The molecular weight excluding hydrogens is 500 g/mol. The van der Waals surface area contributed by atoms with Crippen molar-refractivity contribution in [2.45, 2.75) is 84.3 Å². The molecule has 2 N–H and O–H groups in total. The molecule has 0 aromatic carbocycles. The highest BCUT2D eigenvalue weighted by molar-refractivity contribution is 5.97. The first-order valence-corrected chi connectivity index (χ1v) is 13.9. The SMILES string of the molecule is CC(=O)N1CCCC2(CCCN2C(=O)/C=C/c2c(C)nn3c(=O)c(C(=O)NC4CC4)c(O)n(CC(C)C)c23)C1. The first-order chi connectivity index (χ1) is 18.5. The van der Waals surface area contributed by atoms with E-state index in [2.05, 4.69) is 10.4 Å². The van der Waals surface area contributed by atoms with Crippen LogP contribution in [0.3, 0.4) is 0 Å². The predicted molar refractivity (Wildman–Crippen MR) is 145 cm³/mol. The van der Waals surface area contributed by atoms with Crippen molar-refractivity contribution >= 4 is 29.4 Å². The molecule has 5 rings (SSSR count). The molecule has 210 valence electrons. The van der Waals surface area contributed by atoms with Crippen LogP contribution in [0.2, 0.25) is 0 Å². The first-order valence-electron chi connectivity index (χ1n) is 13.9. The number of rotatable bonds is 6. The monoisotopic (exact) mass is 538 g/mol. The molecule has 2 aliphatic heterocycles. The van der Waals surface area contributed by atoms with Crippen LogP contribution in [0.15, 0.2) is 10.9 Å². The molecule has 2 aromatic rings. The van der Waals surface area contributed by atoms with Gasteiger partial charge in [-0.15, -0.1) is 0 Å². The lowest BCUT2D eigenvalue weighted by molar-refractivity contribution is -0.139. The number of carbonyl (C=O) groups excluding carboxylic acids is 3. The van der Waals surface area contributed by atoms with Gasteiger partial charge in [0.2, 0.25) is 17.7 Å². The summed E-state index contributed by atoms with van der Waals surface area (Å²) < 4.78 is 2.70. The van der Waals surface area contributed by atoms with E-state index in [4.69, 9.17) is 0 Å². The Morgan fingerprint density at radius 1 is 1.18 bits per heavy atom. The van der Waals surface area contributed by atoms with Gasteiger partial charge in [-0.3, -0.25) is 23.7 Å². The number of hydrogen-bond donors (Lipinski definition) is 2. The van der Waals surface area contributed by atoms with Gasteiger partial charge in [0.15, 0.2) is 5.56 Å². The Labute approximate surface area is 227 Å². The standard InChI is InChI=1S/C28H38N6O5/c1-17(2)15-32-25-21(18(3)30-34(25)27(39)23(26(32)38)24(37)29-20-7-8-20)9-10-22(36)33-14-6-12-28(33)11-5-13-31(16-28)19(4)35/h9-10,17,20,38H,5-8,11-16H2,1-4H3,(H,29,37)/b10-9+. The van der Waals surface area contributed by atoms with Crippen molar-refractivity contribution in [3.05, 3.63) is 33.3 Å². The minimum absolute atomic E-state index is 0.0231. The molecule has 1 saturated carbocycles. The molecule has 1 atom stereocenters. The van der Waals surface area contributed by atoms with Crippen LogP contribution in [-0.4, -0.2) is 78.0 Å². The summed E-state index contributed by atoms with van der Waals surface area (Å²) in [4.78, 5) is 55.5. The fourth-order valence-corrected chi connectivity index (χ4v) is 6.11. The van der Waals surface area contributed by atoms with Gasteiger partial charge in [0.05, 0.1) is 11.2 Å². The quantitative estimate of drug-likeness (QED) is 0.542. The minimum atomic E-state index is -0.695. The Bertz CT molecular complexity index is 1420. The van der Waals surface area contributed by atoms with Crippen LogP contribution < -0.4 is 10.9 Å². The lowest BCUT2D eigenvalue weighted by atomic mass is 9.86. The number of aromatic nitrogens is 3. The second-order valence-electron chi connectivity index (χ2n) is 11.7. The summed E-state index contributed by atoms with van der Waals surface area (Å²) in [7, 11) is 0. The Morgan fingerprint density at radius 3 is 2.51 bits per heavy atom. The number of amides is 3. The van der Waals surface area contributed by atoms with E-state index in [9.17, 15) is 24.3 Å². The maximum absolute atomic E-state index is 13.5. The number of carbonyl (C=O) groups is 3. The lowest BCUT2D eigenvalue weighted by Gasteiger charge is -2.45. The van der Waals surface area contributed by atoms with Crippen molar-refractivity contribution in [2.75, 3.05) is 19.6 Å². The van der Waals surface area contributed by atoms with E-state index < -0.39 is 17.3 Å². The van der Waals surface area contributed by atoms with E-state index in [0.29, 0.717) is 43.1 Å². The average molecular weight is 539 g/mol. The second-order valence-corrected chi connectivity index (χ2v) is 11.7. The summed E-state index contributed by atoms with van der Waals surface area (Å²) in [5, 5.41) is 18.4. The minimum Gasteiger partial charge on any atom is -0.494 e. The van der Waals surface area contributed by atoms with Gasteiger partial charge in [0.25, 0.3) is 11.5 Å². The summed E-state index contributed by atoms with van der Waals surface area (Å²) >= 11 is 0. The topological polar surface area (TPSA) is 129 Å². The highest BCUT2D eigenvalue weighted by Crippen LogP contribution is 2.37. The van der Waals surface area contributed by atoms with Gasteiger partial charge >= 0.3 is 0 Å². The molecule has 2 aromatic heterocycles. The van der Waals surface area contributed by atoms with Gasteiger partial charge < -0.3 is 20.2 Å².